The largest absolute Gasteiger partial charge is 0.464 e. The molecule has 0 N–H and O–H groups in total. The van der Waals surface area contributed by atoms with E-state index in [-0.39, 0.29) is 0 Å². The summed E-state index contributed by atoms with van der Waals surface area (Å²) in [5.41, 5.74) is -1.61. The van der Waals surface area contributed by atoms with Crippen LogP contribution in [0.25, 0.3) is 0 Å². The molecule has 0 saturated heterocycles. The number of halogens is 1. The van der Waals surface area contributed by atoms with E-state index < -0.39 is 48.4 Å². The van der Waals surface area contributed by atoms with Gasteiger partial charge in [-0.3, -0.25) is 19.2 Å². The normalized spacial score (nSPS) is 10.5. The molecule has 0 spiro atoms. The first-order chi connectivity index (χ1) is 8.69. The highest BCUT2D eigenvalue weighted by Crippen LogP contribution is 2.23. The van der Waals surface area contributed by atoms with Crippen molar-refractivity contribution in [1.82, 2.24) is 0 Å². The molecular weight excluding hydrogens is 280 g/mol. The van der Waals surface area contributed by atoms with Crippen molar-refractivity contribution in [2.45, 2.75) is 20.8 Å². The van der Waals surface area contributed by atoms with Gasteiger partial charge in [-0.2, -0.15) is 0 Å². The molecule has 7 nitrogen and oxygen atoms in total. The van der Waals surface area contributed by atoms with Gasteiger partial charge in [-0.15, -0.1) is 0 Å². The Morgan fingerprint density at radius 1 is 0.789 bits per heavy atom. The lowest BCUT2D eigenvalue weighted by atomic mass is 9.93. The highest BCUT2D eigenvalue weighted by molar-refractivity contribution is 6.64. The van der Waals surface area contributed by atoms with Gasteiger partial charge in [-0.1, -0.05) is 0 Å². The third-order valence-electron chi connectivity index (χ3n) is 2.07. The zero-order chi connectivity index (χ0) is 15.1. The molecule has 0 saturated carbocycles. The van der Waals surface area contributed by atoms with Crippen LogP contribution in [0.15, 0.2) is 0 Å². The molecule has 8 heteroatoms. The van der Waals surface area contributed by atoms with Crippen molar-refractivity contribution in [1.29, 1.82) is 0 Å². The van der Waals surface area contributed by atoms with Gasteiger partial charge in [0.2, 0.25) is 5.24 Å². The predicted octanol–water partition coefficient (Wildman–Crippen LogP) is 0.428. The van der Waals surface area contributed by atoms with Crippen LogP contribution in [0.5, 0.6) is 0 Å². The molecule has 0 aromatic carbocycles. The molecule has 0 heterocycles. The van der Waals surface area contributed by atoms with Crippen molar-refractivity contribution >= 4 is 34.8 Å². The summed E-state index contributed by atoms with van der Waals surface area (Å²) in [6, 6.07) is 0. The van der Waals surface area contributed by atoms with Crippen molar-refractivity contribution in [3.63, 3.8) is 0 Å². The minimum Gasteiger partial charge on any atom is -0.464 e. The van der Waals surface area contributed by atoms with Crippen molar-refractivity contribution in [2.24, 2.45) is 5.41 Å². The first-order valence-electron chi connectivity index (χ1n) is 5.29. The lowest BCUT2D eigenvalue weighted by Gasteiger charge is -2.27. The summed E-state index contributed by atoms with van der Waals surface area (Å²) < 4.78 is 14.1. The van der Waals surface area contributed by atoms with Crippen LogP contribution in [0, 0.1) is 5.41 Å². The molecule has 0 unspecified atom stereocenters. The number of hydrogen-bond acceptors (Lipinski definition) is 7. The Morgan fingerprint density at radius 2 is 1.05 bits per heavy atom. The van der Waals surface area contributed by atoms with Gasteiger partial charge in [0, 0.05) is 20.8 Å². The number of hydrogen-bond donors (Lipinski definition) is 0. The predicted molar refractivity (Wildman–Crippen MR) is 63.2 cm³/mol. The number of rotatable bonds is 7. The number of esters is 3. The van der Waals surface area contributed by atoms with E-state index in [1.54, 1.807) is 0 Å². The van der Waals surface area contributed by atoms with Gasteiger partial charge in [0.1, 0.15) is 25.2 Å². The van der Waals surface area contributed by atoms with Gasteiger partial charge >= 0.3 is 17.9 Å². The van der Waals surface area contributed by atoms with Crippen LogP contribution in [0.2, 0.25) is 0 Å². The Kier molecular flexibility index (Phi) is 7.06. The summed E-state index contributed by atoms with van der Waals surface area (Å²) in [5.74, 6) is -1.94. The molecule has 0 rings (SSSR count). The van der Waals surface area contributed by atoms with E-state index in [9.17, 15) is 19.2 Å². The van der Waals surface area contributed by atoms with Gasteiger partial charge in [0.25, 0.3) is 0 Å². The van der Waals surface area contributed by atoms with E-state index in [1.165, 1.54) is 0 Å². The van der Waals surface area contributed by atoms with E-state index in [4.69, 9.17) is 25.8 Å². The second-order valence-electron chi connectivity index (χ2n) is 3.89. The summed E-state index contributed by atoms with van der Waals surface area (Å²) in [4.78, 5) is 43.9. The minimum absolute atomic E-state index is 0.453. The van der Waals surface area contributed by atoms with Crippen LogP contribution >= 0.6 is 11.6 Å². The summed E-state index contributed by atoms with van der Waals surface area (Å²) in [5, 5.41) is -0.934. The monoisotopic (exact) mass is 294 g/mol. The maximum atomic E-state index is 11.5. The second-order valence-corrected chi connectivity index (χ2v) is 4.24. The molecule has 0 aromatic heterocycles. The van der Waals surface area contributed by atoms with Crippen LogP contribution in [-0.2, 0) is 33.4 Å². The molecular formula is C11H15ClO7. The number of carbonyl (C=O) groups excluding carboxylic acids is 4. The van der Waals surface area contributed by atoms with E-state index >= 15 is 0 Å². The van der Waals surface area contributed by atoms with E-state index in [0.29, 0.717) is 0 Å². The number of ether oxygens (including phenoxy) is 3. The summed E-state index contributed by atoms with van der Waals surface area (Å²) in [6.07, 6.45) is 0. The van der Waals surface area contributed by atoms with Crippen LogP contribution in [-0.4, -0.2) is 43.0 Å². The van der Waals surface area contributed by atoms with Crippen molar-refractivity contribution in [2.75, 3.05) is 19.8 Å². The molecule has 0 aliphatic carbocycles. The highest BCUT2D eigenvalue weighted by Gasteiger charge is 2.42. The molecule has 0 aliphatic heterocycles. The standard InChI is InChI=1S/C11H15ClO7/c1-7(13)17-4-11(10(12)16,5-18-8(2)14)6-19-9(3)15/h4-6H2,1-3H3. The Morgan fingerprint density at radius 3 is 1.21 bits per heavy atom. The Balaban J connectivity index is 4.97. The van der Waals surface area contributed by atoms with Crippen molar-refractivity contribution < 1.29 is 33.4 Å². The fourth-order valence-corrected chi connectivity index (χ4v) is 1.18. The average molecular weight is 295 g/mol. The molecule has 0 aliphatic rings. The van der Waals surface area contributed by atoms with Crippen molar-refractivity contribution in [3.05, 3.63) is 0 Å². The molecule has 0 amide bonds. The van der Waals surface area contributed by atoms with Crippen LogP contribution in [0.4, 0.5) is 0 Å². The zero-order valence-electron chi connectivity index (χ0n) is 10.9. The smallest absolute Gasteiger partial charge is 0.302 e. The second kappa shape index (κ2) is 7.73. The first-order valence-corrected chi connectivity index (χ1v) is 5.67. The van der Waals surface area contributed by atoms with Crippen LogP contribution in [0.1, 0.15) is 20.8 Å². The van der Waals surface area contributed by atoms with Gasteiger partial charge < -0.3 is 14.2 Å². The fourth-order valence-electron chi connectivity index (χ4n) is 1.01. The zero-order valence-corrected chi connectivity index (χ0v) is 11.6. The molecule has 0 fully saturated rings. The minimum atomic E-state index is -1.61. The van der Waals surface area contributed by atoms with Gasteiger partial charge in [0.15, 0.2) is 0 Å². The molecule has 0 bridgehead atoms. The molecule has 0 radical (unpaired) electrons. The third-order valence-corrected chi connectivity index (χ3v) is 2.47. The van der Waals surface area contributed by atoms with Gasteiger partial charge in [-0.05, 0) is 11.6 Å². The molecule has 0 aromatic rings. The lowest BCUT2D eigenvalue weighted by molar-refractivity contribution is -0.161. The van der Waals surface area contributed by atoms with Gasteiger partial charge in [-0.25, -0.2) is 0 Å². The fraction of sp³-hybridized carbons (Fsp3) is 0.636. The highest BCUT2D eigenvalue weighted by atomic mass is 35.5. The number of carbonyl (C=O) groups is 4. The Hall–Kier alpha value is -1.63. The molecule has 108 valence electrons. The van der Waals surface area contributed by atoms with E-state index in [0.717, 1.165) is 20.8 Å². The topological polar surface area (TPSA) is 96.0 Å². The van der Waals surface area contributed by atoms with Crippen LogP contribution < -0.4 is 0 Å². The molecule has 19 heavy (non-hydrogen) atoms. The van der Waals surface area contributed by atoms with Gasteiger partial charge in [0.05, 0.1) is 0 Å². The van der Waals surface area contributed by atoms with Crippen LogP contribution in [0.3, 0.4) is 0 Å². The average Bonchev–Trinajstić information content (AvgIpc) is 2.27. The summed E-state index contributed by atoms with van der Waals surface area (Å²) >= 11 is 5.44. The summed E-state index contributed by atoms with van der Waals surface area (Å²) in [6.45, 7) is 2.06. The van der Waals surface area contributed by atoms with E-state index in [2.05, 4.69) is 0 Å². The first kappa shape index (κ1) is 17.4. The maximum absolute atomic E-state index is 11.5. The Labute approximate surface area is 115 Å². The quantitative estimate of drug-likeness (QED) is 0.381. The lowest BCUT2D eigenvalue weighted by Crippen LogP contribution is -2.43. The van der Waals surface area contributed by atoms with Crippen molar-refractivity contribution in [3.8, 4) is 0 Å². The SMILES string of the molecule is CC(=O)OCC(COC(C)=O)(COC(C)=O)C(=O)Cl. The van der Waals surface area contributed by atoms with E-state index in [1.807, 2.05) is 0 Å². The summed E-state index contributed by atoms with van der Waals surface area (Å²) in [7, 11) is 0. The Bertz CT molecular complexity index is 332. The molecule has 0 atom stereocenters. The third kappa shape index (κ3) is 6.76. The maximum Gasteiger partial charge on any atom is 0.302 e.